The smallest absolute Gasteiger partial charge is 0.273 e. The van der Waals surface area contributed by atoms with Gasteiger partial charge >= 0.3 is 0 Å². The largest absolute Gasteiger partial charge is 0.350 e. The summed E-state index contributed by atoms with van der Waals surface area (Å²) >= 11 is 0. The molecule has 6 heteroatoms. The van der Waals surface area contributed by atoms with Crippen molar-refractivity contribution in [3.8, 4) is 5.69 Å². The van der Waals surface area contributed by atoms with Crippen LogP contribution in [0.3, 0.4) is 0 Å². The number of nitrogens with zero attached hydrogens (tertiary/aromatic N) is 3. The van der Waals surface area contributed by atoms with Gasteiger partial charge in [-0.3, -0.25) is 4.79 Å². The number of aromatic nitrogens is 3. The lowest BCUT2D eigenvalue weighted by atomic mass is 9.87. The Kier molecular flexibility index (Phi) is 6.50. The predicted octanol–water partition coefficient (Wildman–Crippen LogP) is 3.25. The highest BCUT2D eigenvalue weighted by molar-refractivity contribution is 5.93. The number of hydrogen-bond donors (Lipinski definition) is 2. The summed E-state index contributed by atoms with van der Waals surface area (Å²) in [6.07, 6.45) is 4.02. The van der Waals surface area contributed by atoms with Crippen molar-refractivity contribution in [2.45, 2.75) is 58.8 Å². The van der Waals surface area contributed by atoms with Gasteiger partial charge in [-0.05, 0) is 61.4 Å². The molecule has 0 bridgehead atoms. The minimum atomic E-state index is -0.119. The maximum Gasteiger partial charge on any atom is 0.273 e. The summed E-state index contributed by atoms with van der Waals surface area (Å²) in [6, 6.07) is 8.37. The van der Waals surface area contributed by atoms with Crippen molar-refractivity contribution in [3.63, 3.8) is 0 Å². The quantitative estimate of drug-likeness (QED) is 0.803. The first-order valence-corrected chi connectivity index (χ1v) is 10.4. The van der Waals surface area contributed by atoms with Crippen LogP contribution in [0.15, 0.2) is 24.3 Å². The molecule has 1 aromatic heterocycles. The molecule has 1 amide bonds. The standard InChI is InChI=1S/C22H33N5O/c1-5-7-19-20(21(28)24-15-16-8-6-13-23-14-16)25-26-27(19)18-11-9-17(10-12-18)22(2,3)4/h9-12,16,23H,5-8,13-15H2,1-4H3,(H,24,28). The van der Waals surface area contributed by atoms with Gasteiger partial charge in [-0.15, -0.1) is 5.10 Å². The summed E-state index contributed by atoms with van der Waals surface area (Å²) in [5.41, 5.74) is 3.65. The zero-order valence-corrected chi connectivity index (χ0v) is 17.6. The molecule has 1 aliphatic heterocycles. The second-order valence-electron chi connectivity index (χ2n) is 8.77. The summed E-state index contributed by atoms with van der Waals surface area (Å²) in [5, 5.41) is 15.0. The highest BCUT2D eigenvalue weighted by Crippen LogP contribution is 2.24. The van der Waals surface area contributed by atoms with Gasteiger partial charge in [-0.2, -0.15) is 0 Å². The molecular formula is C22H33N5O. The predicted molar refractivity (Wildman–Crippen MR) is 112 cm³/mol. The fraction of sp³-hybridized carbons (Fsp3) is 0.591. The summed E-state index contributed by atoms with van der Waals surface area (Å²) in [5.74, 6) is 0.374. The molecular weight excluding hydrogens is 350 g/mol. The van der Waals surface area contributed by atoms with E-state index >= 15 is 0 Å². The summed E-state index contributed by atoms with van der Waals surface area (Å²) in [4.78, 5) is 12.8. The fourth-order valence-corrected chi connectivity index (χ4v) is 3.67. The summed E-state index contributed by atoms with van der Waals surface area (Å²) in [7, 11) is 0. The maximum atomic E-state index is 12.8. The summed E-state index contributed by atoms with van der Waals surface area (Å²) < 4.78 is 1.81. The molecule has 152 valence electrons. The first kappa shape index (κ1) is 20.5. The van der Waals surface area contributed by atoms with E-state index in [1.54, 1.807) is 0 Å². The van der Waals surface area contributed by atoms with Crippen molar-refractivity contribution in [1.82, 2.24) is 25.6 Å². The molecule has 1 atom stereocenters. The molecule has 2 N–H and O–H groups in total. The van der Waals surface area contributed by atoms with Crippen LogP contribution in [0, 0.1) is 5.92 Å². The number of rotatable bonds is 6. The van der Waals surface area contributed by atoms with E-state index < -0.39 is 0 Å². The average Bonchev–Trinajstić information content (AvgIpc) is 3.10. The second kappa shape index (κ2) is 8.86. The van der Waals surface area contributed by atoms with Crippen LogP contribution in [-0.4, -0.2) is 40.5 Å². The molecule has 0 radical (unpaired) electrons. The third-order valence-electron chi connectivity index (χ3n) is 5.39. The normalized spacial score (nSPS) is 17.5. The van der Waals surface area contributed by atoms with E-state index in [1.165, 1.54) is 12.0 Å². The molecule has 0 saturated carbocycles. The first-order chi connectivity index (χ1) is 13.4. The Morgan fingerprint density at radius 2 is 2.04 bits per heavy atom. The molecule has 1 unspecified atom stereocenters. The Morgan fingerprint density at radius 1 is 1.29 bits per heavy atom. The molecule has 1 aliphatic rings. The van der Waals surface area contributed by atoms with Gasteiger partial charge in [0.05, 0.1) is 11.4 Å². The Morgan fingerprint density at radius 3 is 2.64 bits per heavy atom. The Hall–Kier alpha value is -2.21. The van der Waals surface area contributed by atoms with Gasteiger partial charge in [0.1, 0.15) is 0 Å². The summed E-state index contributed by atoms with van der Waals surface area (Å²) in [6.45, 7) is 11.4. The van der Waals surface area contributed by atoms with Crippen LogP contribution in [0.2, 0.25) is 0 Å². The van der Waals surface area contributed by atoms with Crippen LogP contribution in [0.25, 0.3) is 5.69 Å². The van der Waals surface area contributed by atoms with E-state index in [0.29, 0.717) is 18.2 Å². The second-order valence-corrected chi connectivity index (χ2v) is 8.77. The lowest BCUT2D eigenvalue weighted by Gasteiger charge is -2.22. The minimum Gasteiger partial charge on any atom is -0.350 e. The minimum absolute atomic E-state index is 0.103. The number of amides is 1. The van der Waals surface area contributed by atoms with Gasteiger partial charge in [-0.1, -0.05) is 51.5 Å². The molecule has 1 aromatic carbocycles. The number of nitrogens with one attached hydrogen (secondary N) is 2. The molecule has 1 fully saturated rings. The van der Waals surface area contributed by atoms with Gasteiger partial charge in [0.2, 0.25) is 0 Å². The van der Waals surface area contributed by atoms with Crippen LogP contribution >= 0.6 is 0 Å². The number of carbonyl (C=O) groups excluding carboxylic acids is 1. The SMILES string of the molecule is CCCc1c(C(=O)NCC2CCCNC2)nnn1-c1ccc(C(C)(C)C)cc1. The van der Waals surface area contributed by atoms with Crippen LogP contribution in [0.4, 0.5) is 0 Å². The number of hydrogen-bond acceptors (Lipinski definition) is 4. The van der Waals surface area contributed by atoms with E-state index in [2.05, 4.69) is 72.9 Å². The van der Waals surface area contributed by atoms with Gasteiger partial charge < -0.3 is 10.6 Å². The van der Waals surface area contributed by atoms with Gasteiger partial charge in [0.15, 0.2) is 5.69 Å². The first-order valence-electron chi connectivity index (χ1n) is 10.4. The third kappa shape index (κ3) is 4.79. The highest BCUT2D eigenvalue weighted by Gasteiger charge is 2.22. The van der Waals surface area contributed by atoms with Crippen LogP contribution in [0.5, 0.6) is 0 Å². The molecule has 3 rings (SSSR count). The van der Waals surface area contributed by atoms with E-state index in [4.69, 9.17) is 0 Å². The van der Waals surface area contributed by atoms with Crippen molar-refractivity contribution < 1.29 is 4.79 Å². The van der Waals surface area contributed by atoms with Crippen molar-refractivity contribution >= 4 is 5.91 Å². The fourth-order valence-electron chi connectivity index (χ4n) is 3.67. The Balaban J connectivity index is 1.78. The molecule has 0 spiro atoms. The molecule has 2 heterocycles. The van der Waals surface area contributed by atoms with Crippen LogP contribution < -0.4 is 10.6 Å². The molecule has 6 nitrogen and oxygen atoms in total. The Labute approximate surface area is 168 Å². The maximum absolute atomic E-state index is 12.8. The van der Waals surface area contributed by atoms with Gasteiger partial charge in [0.25, 0.3) is 5.91 Å². The lowest BCUT2D eigenvalue weighted by molar-refractivity contribution is 0.0938. The molecule has 1 saturated heterocycles. The van der Waals surface area contributed by atoms with Crippen molar-refractivity contribution in [1.29, 1.82) is 0 Å². The topological polar surface area (TPSA) is 71.8 Å². The molecule has 0 aliphatic carbocycles. The van der Waals surface area contributed by atoms with E-state index in [-0.39, 0.29) is 11.3 Å². The zero-order valence-electron chi connectivity index (χ0n) is 17.6. The average molecular weight is 384 g/mol. The monoisotopic (exact) mass is 383 g/mol. The third-order valence-corrected chi connectivity index (χ3v) is 5.39. The number of carbonyl (C=O) groups is 1. The number of benzene rings is 1. The highest BCUT2D eigenvalue weighted by atomic mass is 16.2. The zero-order chi connectivity index (χ0) is 20.1. The molecule has 2 aromatic rings. The van der Waals surface area contributed by atoms with E-state index in [0.717, 1.165) is 43.7 Å². The van der Waals surface area contributed by atoms with E-state index in [1.807, 2.05) is 4.68 Å². The van der Waals surface area contributed by atoms with Gasteiger partial charge in [-0.25, -0.2) is 4.68 Å². The number of piperidine rings is 1. The molecule has 28 heavy (non-hydrogen) atoms. The van der Waals surface area contributed by atoms with E-state index in [9.17, 15) is 4.79 Å². The van der Waals surface area contributed by atoms with Crippen molar-refractivity contribution in [3.05, 3.63) is 41.2 Å². The van der Waals surface area contributed by atoms with Crippen molar-refractivity contribution in [2.24, 2.45) is 5.92 Å². The van der Waals surface area contributed by atoms with Crippen LogP contribution in [0.1, 0.15) is 68.7 Å². The van der Waals surface area contributed by atoms with Crippen LogP contribution in [-0.2, 0) is 11.8 Å². The van der Waals surface area contributed by atoms with Crippen molar-refractivity contribution in [2.75, 3.05) is 19.6 Å². The lowest BCUT2D eigenvalue weighted by Crippen LogP contribution is -2.38. The Bertz CT molecular complexity index is 782. The van der Waals surface area contributed by atoms with Gasteiger partial charge in [0, 0.05) is 6.54 Å².